The van der Waals surface area contributed by atoms with Gasteiger partial charge < -0.3 is 5.32 Å². The molecule has 2 aromatic heterocycles. The Bertz CT molecular complexity index is 1320. The van der Waals surface area contributed by atoms with E-state index in [1.165, 1.54) is 17.8 Å². The molecule has 0 aliphatic carbocycles. The number of fused-ring (bicyclic) bond motifs is 1. The number of benzene rings is 2. The molecule has 1 amide bonds. The van der Waals surface area contributed by atoms with E-state index in [0.717, 1.165) is 16.1 Å². The van der Waals surface area contributed by atoms with Crippen LogP contribution in [0.5, 0.6) is 0 Å². The minimum absolute atomic E-state index is 0.0886. The second-order valence-electron chi connectivity index (χ2n) is 6.78. The zero-order valence-electron chi connectivity index (χ0n) is 16.1. The molecule has 146 valence electrons. The van der Waals surface area contributed by atoms with Crippen molar-refractivity contribution in [1.29, 1.82) is 0 Å². The standard InChI is InChI=1S/C21H18FN5O2/c1-12-10-13(2)27(24-12)18-9-8-14(11-17(18)22)23-20(28)19-15-6-4-5-7-16(15)21(29)26(3)25-19/h4-11H,1-3H3,(H,23,28). The summed E-state index contributed by atoms with van der Waals surface area (Å²) in [5.41, 5.74) is 1.95. The molecular formula is C21H18FN5O2. The molecule has 0 saturated carbocycles. The van der Waals surface area contributed by atoms with Crippen LogP contribution in [0.25, 0.3) is 16.5 Å². The average molecular weight is 391 g/mol. The third kappa shape index (κ3) is 3.29. The third-order valence-corrected chi connectivity index (χ3v) is 4.61. The molecule has 0 radical (unpaired) electrons. The van der Waals surface area contributed by atoms with Crippen LogP contribution < -0.4 is 10.9 Å². The number of nitrogens with one attached hydrogen (secondary N) is 1. The van der Waals surface area contributed by atoms with Crippen LogP contribution in [0.1, 0.15) is 21.9 Å². The van der Waals surface area contributed by atoms with Gasteiger partial charge in [0.05, 0.1) is 11.1 Å². The van der Waals surface area contributed by atoms with Crippen molar-refractivity contribution in [3.8, 4) is 5.69 Å². The number of carbonyl (C=O) groups excluding carboxylic acids is 1. The summed E-state index contributed by atoms with van der Waals surface area (Å²) in [4.78, 5) is 25.0. The zero-order valence-corrected chi connectivity index (χ0v) is 16.1. The molecule has 0 saturated heterocycles. The number of nitrogens with zero attached hydrogens (tertiary/aromatic N) is 4. The molecule has 0 fully saturated rings. The Morgan fingerprint density at radius 3 is 2.41 bits per heavy atom. The van der Waals surface area contributed by atoms with Gasteiger partial charge in [-0.05, 0) is 44.2 Å². The van der Waals surface area contributed by atoms with Gasteiger partial charge in [0.25, 0.3) is 11.5 Å². The van der Waals surface area contributed by atoms with Gasteiger partial charge in [0.1, 0.15) is 5.69 Å². The maximum absolute atomic E-state index is 14.7. The lowest BCUT2D eigenvalue weighted by molar-refractivity contribution is 0.102. The quantitative estimate of drug-likeness (QED) is 0.582. The normalized spacial score (nSPS) is 11.0. The van der Waals surface area contributed by atoms with Crippen molar-refractivity contribution in [3.05, 3.63) is 81.8 Å². The molecule has 0 aliphatic rings. The van der Waals surface area contributed by atoms with E-state index in [0.29, 0.717) is 16.5 Å². The summed E-state index contributed by atoms with van der Waals surface area (Å²) in [5, 5.41) is 11.8. The fourth-order valence-corrected chi connectivity index (χ4v) is 3.29. The van der Waals surface area contributed by atoms with Crippen molar-refractivity contribution < 1.29 is 9.18 Å². The van der Waals surface area contributed by atoms with Crippen LogP contribution in [0.2, 0.25) is 0 Å². The monoisotopic (exact) mass is 391 g/mol. The van der Waals surface area contributed by atoms with Gasteiger partial charge in [-0.25, -0.2) is 13.8 Å². The van der Waals surface area contributed by atoms with Crippen molar-refractivity contribution in [3.63, 3.8) is 0 Å². The number of anilines is 1. The molecule has 0 atom stereocenters. The number of hydrogen-bond acceptors (Lipinski definition) is 4. The van der Waals surface area contributed by atoms with E-state index < -0.39 is 11.7 Å². The van der Waals surface area contributed by atoms with Gasteiger partial charge in [-0.15, -0.1) is 0 Å². The molecule has 7 nitrogen and oxygen atoms in total. The van der Waals surface area contributed by atoms with Crippen LogP contribution in [0.15, 0.2) is 53.3 Å². The van der Waals surface area contributed by atoms with Crippen LogP contribution in [-0.4, -0.2) is 25.5 Å². The average Bonchev–Trinajstić information content (AvgIpc) is 3.02. The van der Waals surface area contributed by atoms with Gasteiger partial charge in [-0.1, -0.05) is 18.2 Å². The largest absolute Gasteiger partial charge is 0.320 e. The minimum atomic E-state index is -0.532. The second-order valence-corrected chi connectivity index (χ2v) is 6.78. The molecule has 8 heteroatoms. The van der Waals surface area contributed by atoms with E-state index >= 15 is 0 Å². The first-order valence-electron chi connectivity index (χ1n) is 8.96. The molecule has 0 spiro atoms. The Kier molecular flexibility index (Phi) is 4.46. The first-order valence-corrected chi connectivity index (χ1v) is 8.96. The number of aryl methyl sites for hydroxylation is 3. The van der Waals surface area contributed by atoms with Gasteiger partial charge in [-0.2, -0.15) is 10.2 Å². The molecule has 29 heavy (non-hydrogen) atoms. The number of rotatable bonds is 3. The van der Waals surface area contributed by atoms with Crippen molar-refractivity contribution in [2.75, 3.05) is 5.32 Å². The Labute approximate surface area is 165 Å². The van der Waals surface area contributed by atoms with E-state index in [4.69, 9.17) is 0 Å². The van der Waals surface area contributed by atoms with E-state index in [2.05, 4.69) is 15.5 Å². The van der Waals surface area contributed by atoms with E-state index in [1.807, 2.05) is 19.9 Å². The predicted octanol–water partition coefficient (Wildman–Crippen LogP) is 3.13. The fourth-order valence-electron chi connectivity index (χ4n) is 3.29. The summed E-state index contributed by atoms with van der Waals surface area (Å²) < 4.78 is 17.3. The van der Waals surface area contributed by atoms with E-state index in [1.54, 1.807) is 36.4 Å². The summed E-state index contributed by atoms with van der Waals surface area (Å²) in [7, 11) is 1.48. The lowest BCUT2D eigenvalue weighted by atomic mass is 10.1. The van der Waals surface area contributed by atoms with Crippen molar-refractivity contribution in [1.82, 2.24) is 19.6 Å². The van der Waals surface area contributed by atoms with Gasteiger partial charge in [-0.3, -0.25) is 9.59 Å². The second kappa shape index (κ2) is 6.97. The molecule has 4 aromatic rings. The fraction of sp³-hybridized carbons (Fsp3) is 0.143. The first-order chi connectivity index (χ1) is 13.8. The van der Waals surface area contributed by atoms with E-state index in [9.17, 15) is 14.0 Å². The highest BCUT2D eigenvalue weighted by molar-refractivity contribution is 6.11. The summed E-state index contributed by atoms with van der Waals surface area (Å²) >= 11 is 0. The Morgan fingerprint density at radius 2 is 1.76 bits per heavy atom. The number of amides is 1. The van der Waals surface area contributed by atoms with Crippen molar-refractivity contribution in [2.24, 2.45) is 7.05 Å². The maximum Gasteiger partial charge on any atom is 0.276 e. The lowest BCUT2D eigenvalue weighted by Gasteiger charge is -2.11. The number of hydrogen-bond donors (Lipinski definition) is 1. The van der Waals surface area contributed by atoms with Crippen LogP contribution >= 0.6 is 0 Å². The van der Waals surface area contributed by atoms with Crippen LogP contribution in [-0.2, 0) is 7.05 Å². The molecular weight excluding hydrogens is 373 g/mol. The van der Waals surface area contributed by atoms with E-state index in [-0.39, 0.29) is 16.9 Å². The maximum atomic E-state index is 14.7. The highest BCUT2D eigenvalue weighted by Gasteiger charge is 2.17. The Balaban J connectivity index is 1.69. The van der Waals surface area contributed by atoms with Crippen molar-refractivity contribution >= 4 is 22.4 Å². The summed E-state index contributed by atoms with van der Waals surface area (Å²) in [6.45, 7) is 3.67. The first kappa shape index (κ1) is 18.5. The molecule has 2 heterocycles. The highest BCUT2D eigenvalue weighted by Crippen LogP contribution is 2.21. The molecule has 0 bridgehead atoms. The topological polar surface area (TPSA) is 81.8 Å². The van der Waals surface area contributed by atoms with Gasteiger partial charge in [0.2, 0.25) is 0 Å². The molecule has 0 aliphatic heterocycles. The highest BCUT2D eigenvalue weighted by atomic mass is 19.1. The van der Waals surface area contributed by atoms with Gasteiger partial charge in [0.15, 0.2) is 11.5 Å². The number of halogens is 1. The van der Waals surface area contributed by atoms with Gasteiger partial charge >= 0.3 is 0 Å². The van der Waals surface area contributed by atoms with Crippen LogP contribution in [0.3, 0.4) is 0 Å². The van der Waals surface area contributed by atoms with Crippen LogP contribution in [0, 0.1) is 19.7 Å². The summed E-state index contributed by atoms with van der Waals surface area (Å²) in [5.74, 6) is -1.05. The third-order valence-electron chi connectivity index (χ3n) is 4.61. The SMILES string of the molecule is Cc1cc(C)n(-c2ccc(NC(=O)c3nn(C)c(=O)c4ccccc34)cc2F)n1. The smallest absolute Gasteiger partial charge is 0.276 e. The molecule has 1 N–H and O–H groups in total. The summed E-state index contributed by atoms with van der Waals surface area (Å²) in [6, 6.07) is 13.0. The number of aromatic nitrogens is 4. The molecule has 4 rings (SSSR count). The zero-order chi connectivity index (χ0) is 20.7. The van der Waals surface area contributed by atoms with Gasteiger partial charge in [0, 0.05) is 23.8 Å². The Hall–Kier alpha value is -3.81. The molecule has 2 aromatic carbocycles. The number of carbonyl (C=O) groups is 1. The molecule has 0 unspecified atom stereocenters. The summed E-state index contributed by atoms with van der Waals surface area (Å²) in [6.07, 6.45) is 0. The van der Waals surface area contributed by atoms with Crippen LogP contribution in [0.4, 0.5) is 10.1 Å². The minimum Gasteiger partial charge on any atom is -0.320 e. The Morgan fingerprint density at radius 1 is 1.03 bits per heavy atom. The lowest BCUT2D eigenvalue weighted by Crippen LogP contribution is -2.25. The predicted molar refractivity (Wildman–Crippen MR) is 108 cm³/mol. The van der Waals surface area contributed by atoms with Crippen molar-refractivity contribution in [2.45, 2.75) is 13.8 Å².